The number of nitrogens with zero attached hydrogens (tertiary/aromatic N) is 1. The minimum absolute atomic E-state index is 0.132. The van der Waals surface area contributed by atoms with Gasteiger partial charge in [-0.2, -0.15) is 0 Å². The predicted molar refractivity (Wildman–Crippen MR) is 125 cm³/mol. The van der Waals surface area contributed by atoms with Gasteiger partial charge >= 0.3 is 0 Å². The lowest BCUT2D eigenvalue weighted by Crippen LogP contribution is -2.46. The largest absolute Gasteiger partial charge is 0.380 e. The van der Waals surface area contributed by atoms with Gasteiger partial charge in [0.2, 0.25) is 5.91 Å². The number of rotatable bonds is 6. The van der Waals surface area contributed by atoms with Gasteiger partial charge in [0.05, 0.1) is 0 Å². The Labute approximate surface area is 185 Å². The predicted octanol–water partition coefficient (Wildman–Crippen LogP) is 3.43. The van der Waals surface area contributed by atoms with Crippen LogP contribution in [0.2, 0.25) is 0 Å². The second-order valence-electron chi connectivity index (χ2n) is 10.6. The van der Waals surface area contributed by atoms with Crippen molar-refractivity contribution in [2.45, 2.75) is 84.1 Å². The molecule has 0 spiro atoms. The molecule has 172 valence electrons. The van der Waals surface area contributed by atoms with E-state index in [1.807, 2.05) is 0 Å². The van der Waals surface area contributed by atoms with Crippen molar-refractivity contribution < 1.29 is 4.79 Å². The van der Waals surface area contributed by atoms with E-state index in [9.17, 15) is 14.4 Å². The number of amides is 1. The fourth-order valence-corrected chi connectivity index (χ4v) is 5.68. The maximum Gasteiger partial charge on any atom is 0.253 e. The first-order valence-electron chi connectivity index (χ1n) is 12.5. The van der Waals surface area contributed by atoms with E-state index >= 15 is 0 Å². The summed E-state index contributed by atoms with van der Waals surface area (Å²) in [5, 5.41) is 6.61. The molecule has 0 aromatic heterocycles. The molecule has 0 bridgehead atoms. The third-order valence-electron chi connectivity index (χ3n) is 8.13. The Kier molecular flexibility index (Phi) is 7.02. The molecule has 3 aliphatic rings. The van der Waals surface area contributed by atoms with Gasteiger partial charge in [0.15, 0.2) is 0 Å². The molecule has 31 heavy (non-hydrogen) atoms. The van der Waals surface area contributed by atoms with E-state index in [4.69, 9.17) is 0 Å². The SMILES string of the molecule is CC1CCC(NC(=O)C2CCC(CNc3c(N4CCC(C)CC4)c(=O)c3=O)CC2)CC1. The van der Waals surface area contributed by atoms with Gasteiger partial charge in [-0.25, -0.2) is 0 Å². The number of hydrogen-bond donors (Lipinski definition) is 2. The molecule has 1 heterocycles. The Bertz CT molecular complexity index is 820. The molecule has 2 N–H and O–H groups in total. The molecule has 2 saturated carbocycles. The molecule has 1 amide bonds. The van der Waals surface area contributed by atoms with E-state index in [0.717, 1.165) is 76.9 Å². The molecule has 2 aliphatic carbocycles. The molecule has 4 rings (SSSR count). The molecule has 1 aromatic rings. The van der Waals surface area contributed by atoms with E-state index in [2.05, 4.69) is 29.4 Å². The minimum atomic E-state index is -0.358. The third kappa shape index (κ3) is 5.15. The van der Waals surface area contributed by atoms with E-state index in [1.54, 1.807) is 0 Å². The van der Waals surface area contributed by atoms with Gasteiger partial charge in [-0.1, -0.05) is 13.8 Å². The van der Waals surface area contributed by atoms with Crippen molar-refractivity contribution in [3.8, 4) is 0 Å². The Balaban J connectivity index is 1.22. The summed E-state index contributed by atoms with van der Waals surface area (Å²) in [7, 11) is 0. The Morgan fingerprint density at radius 1 is 0.839 bits per heavy atom. The summed E-state index contributed by atoms with van der Waals surface area (Å²) in [6.45, 7) is 6.98. The van der Waals surface area contributed by atoms with Gasteiger partial charge in [-0.05, 0) is 82.0 Å². The average molecular weight is 430 g/mol. The lowest BCUT2D eigenvalue weighted by Gasteiger charge is -2.34. The summed E-state index contributed by atoms with van der Waals surface area (Å²) in [4.78, 5) is 39.1. The van der Waals surface area contributed by atoms with Crippen LogP contribution in [0.1, 0.15) is 78.1 Å². The van der Waals surface area contributed by atoms with Gasteiger partial charge < -0.3 is 15.5 Å². The van der Waals surface area contributed by atoms with Crippen molar-refractivity contribution in [3.05, 3.63) is 20.4 Å². The molecule has 1 saturated heterocycles. The summed E-state index contributed by atoms with van der Waals surface area (Å²) in [6, 6.07) is 0.369. The highest BCUT2D eigenvalue weighted by molar-refractivity contribution is 5.79. The van der Waals surface area contributed by atoms with Crippen molar-refractivity contribution >= 4 is 17.3 Å². The van der Waals surface area contributed by atoms with Crippen molar-refractivity contribution in [1.29, 1.82) is 0 Å². The zero-order valence-electron chi connectivity index (χ0n) is 19.3. The molecule has 0 radical (unpaired) electrons. The average Bonchev–Trinajstić information content (AvgIpc) is 2.79. The quantitative estimate of drug-likeness (QED) is 0.678. The maximum atomic E-state index is 12.7. The molecular weight excluding hydrogens is 390 g/mol. The lowest BCUT2D eigenvalue weighted by atomic mass is 9.81. The number of anilines is 2. The fraction of sp³-hybridized carbons (Fsp3) is 0.800. The second-order valence-corrected chi connectivity index (χ2v) is 10.6. The standard InChI is InChI=1S/C25H39N3O3/c1-16-3-9-20(10-4-16)27-25(31)19-7-5-18(6-8-19)15-26-21-22(24(30)23(21)29)28-13-11-17(2)12-14-28/h16-20,26H,3-15H2,1-2H3,(H,27,31). The van der Waals surface area contributed by atoms with Gasteiger partial charge in [0.1, 0.15) is 11.4 Å². The second kappa shape index (κ2) is 9.74. The van der Waals surface area contributed by atoms with Gasteiger partial charge in [0, 0.05) is 31.6 Å². The number of piperidine rings is 1. The van der Waals surface area contributed by atoms with Crippen molar-refractivity contribution in [1.82, 2.24) is 5.32 Å². The van der Waals surface area contributed by atoms with Crippen LogP contribution in [0.15, 0.2) is 9.59 Å². The zero-order valence-corrected chi connectivity index (χ0v) is 19.3. The molecule has 6 heteroatoms. The topological polar surface area (TPSA) is 78.5 Å². The first kappa shape index (κ1) is 22.3. The van der Waals surface area contributed by atoms with Crippen LogP contribution in [0, 0.1) is 23.7 Å². The van der Waals surface area contributed by atoms with Crippen LogP contribution in [0.5, 0.6) is 0 Å². The van der Waals surface area contributed by atoms with Crippen molar-refractivity contribution in [2.75, 3.05) is 29.9 Å². The first-order chi connectivity index (χ1) is 14.9. The van der Waals surface area contributed by atoms with Crippen LogP contribution in [-0.4, -0.2) is 31.6 Å². The Morgan fingerprint density at radius 3 is 2.10 bits per heavy atom. The van der Waals surface area contributed by atoms with Gasteiger partial charge in [-0.15, -0.1) is 0 Å². The molecule has 1 aliphatic heterocycles. The molecule has 0 atom stereocenters. The number of carbonyl (C=O) groups excluding carboxylic acids is 1. The van der Waals surface area contributed by atoms with Crippen LogP contribution in [0.3, 0.4) is 0 Å². The van der Waals surface area contributed by atoms with Crippen molar-refractivity contribution in [3.63, 3.8) is 0 Å². The molecular formula is C25H39N3O3. The maximum absolute atomic E-state index is 12.7. The molecule has 0 unspecified atom stereocenters. The smallest absolute Gasteiger partial charge is 0.253 e. The van der Waals surface area contributed by atoms with Gasteiger partial charge in [-0.3, -0.25) is 14.4 Å². The van der Waals surface area contributed by atoms with Crippen LogP contribution in [0.25, 0.3) is 0 Å². The highest BCUT2D eigenvalue weighted by Crippen LogP contribution is 2.31. The number of carbonyl (C=O) groups is 1. The first-order valence-corrected chi connectivity index (χ1v) is 12.5. The van der Waals surface area contributed by atoms with Crippen LogP contribution in [0.4, 0.5) is 11.4 Å². The molecule has 3 fully saturated rings. The Hall–Kier alpha value is -1.85. The summed E-state index contributed by atoms with van der Waals surface area (Å²) in [6.07, 6.45) is 10.7. The van der Waals surface area contributed by atoms with Gasteiger partial charge in [0.25, 0.3) is 10.9 Å². The summed E-state index contributed by atoms with van der Waals surface area (Å²) in [5.41, 5.74) is 0.468. The highest BCUT2D eigenvalue weighted by atomic mass is 16.2. The normalized spacial score (nSPS) is 30.3. The number of hydrogen-bond acceptors (Lipinski definition) is 5. The minimum Gasteiger partial charge on any atom is -0.380 e. The van der Waals surface area contributed by atoms with Crippen molar-refractivity contribution in [2.24, 2.45) is 23.7 Å². The number of nitrogens with one attached hydrogen (secondary N) is 2. The Morgan fingerprint density at radius 2 is 1.45 bits per heavy atom. The third-order valence-corrected chi connectivity index (χ3v) is 8.13. The lowest BCUT2D eigenvalue weighted by molar-refractivity contribution is -0.127. The summed E-state index contributed by atoms with van der Waals surface area (Å²) >= 11 is 0. The highest BCUT2D eigenvalue weighted by Gasteiger charge is 2.31. The van der Waals surface area contributed by atoms with E-state index < -0.39 is 0 Å². The molecule has 1 aromatic carbocycles. The van der Waals surface area contributed by atoms with E-state index in [1.165, 1.54) is 12.8 Å². The van der Waals surface area contributed by atoms with Crippen LogP contribution >= 0.6 is 0 Å². The van der Waals surface area contributed by atoms with Crippen LogP contribution in [-0.2, 0) is 4.79 Å². The molecule has 6 nitrogen and oxygen atoms in total. The van der Waals surface area contributed by atoms with E-state index in [-0.39, 0.29) is 22.7 Å². The summed E-state index contributed by atoms with van der Waals surface area (Å²) in [5.74, 6) is 2.32. The monoisotopic (exact) mass is 429 g/mol. The van der Waals surface area contributed by atoms with E-state index in [0.29, 0.717) is 29.3 Å². The fourth-order valence-electron chi connectivity index (χ4n) is 5.68. The van der Waals surface area contributed by atoms with Crippen LogP contribution < -0.4 is 26.4 Å². The summed E-state index contributed by atoms with van der Waals surface area (Å²) < 4.78 is 0. The zero-order chi connectivity index (χ0) is 22.0.